The number of urea groups is 1. The van der Waals surface area contributed by atoms with Crippen LogP contribution in [0.3, 0.4) is 0 Å². The highest BCUT2D eigenvalue weighted by Crippen LogP contribution is 2.18. The number of hydrogen-bond acceptors (Lipinski definition) is 4. The van der Waals surface area contributed by atoms with Crippen molar-refractivity contribution in [2.75, 3.05) is 38.7 Å². The van der Waals surface area contributed by atoms with E-state index in [0.29, 0.717) is 32.0 Å². The molecule has 0 saturated carbocycles. The average molecular weight is 305 g/mol. The predicted molar refractivity (Wildman–Crippen MR) is 79.8 cm³/mol. The highest BCUT2D eigenvalue weighted by Gasteiger charge is 2.35. The molecular weight excluding hydrogens is 286 g/mol. The first kappa shape index (κ1) is 14.6. The van der Waals surface area contributed by atoms with Crippen molar-refractivity contribution < 1.29 is 19.1 Å². The van der Waals surface area contributed by atoms with Crippen molar-refractivity contribution in [1.82, 2.24) is 10.2 Å². The van der Waals surface area contributed by atoms with Gasteiger partial charge in [-0.25, -0.2) is 4.79 Å². The van der Waals surface area contributed by atoms with E-state index in [1.54, 1.807) is 36.3 Å². The van der Waals surface area contributed by atoms with Crippen LogP contribution in [-0.2, 0) is 9.53 Å². The molecular formula is C15H19N3O4. The van der Waals surface area contributed by atoms with Crippen LogP contribution in [0.15, 0.2) is 24.3 Å². The molecule has 1 aromatic rings. The van der Waals surface area contributed by atoms with E-state index >= 15 is 0 Å². The van der Waals surface area contributed by atoms with Gasteiger partial charge >= 0.3 is 6.03 Å². The molecule has 1 aromatic carbocycles. The Labute approximate surface area is 128 Å². The number of nitrogens with zero attached hydrogens (tertiary/aromatic N) is 1. The van der Waals surface area contributed by atoms with E-state index in [1.165, 1.54) is 0 Å². The van der Waals surface area contributed by atoms with Gasteiger partial charge in [0.05, 0.1) is 32.3 Å². The average Bonchev–Trinajstić information content (AvgIpc) is 2.76. The molecule has 0 radical (unpaired) electrons. The van der Waals surface area contributed by atoms with Crippen molar-refractivity contribution in [3.63, 3.8) is 0 Å². The second-order valence-corrected chi connectivity index (χ2v) is 5.50. The van der Waals surface area contributed by atoms with Gasteiger partial charge in [0.2, 0.25) is 5.91 Å². The minimum Gasteiger partial charge on any atom is -0.497 e. The largest absolute Gasteiger partial charge is 0.497 e. The van der Waals surface area contributed by atoms with Gasteiger partial charge in [-0.3, -0.25) is 4.79 Å². The van der Waals surface area contributed by atoms with E-state index in [9.17, 15) is 9.59 Å². The molecule has 2 heterocycles. The number of ether oxygens (including phenoxy) is 2. The summed E-state index contributed by atoms with van der Waals surface area (Å²) in [5.41, 5.74) is 0.691. The minimum atomic E-state index is -0.311. The number of nitrogens with one attached hydrogen (secondary N) is 2. The van der Waals surface area contributed by atoms with Gasteiger partial charge in [0.15, 0.2) is 0 Å². The molecule has 2 bridgehead atoms. The zero-order chi connectivity index (χ0) is 15.5. The van der Waals surface area contributed by atoms with Crippen LogP contribution < -0.4 is 15.4 Å². The van der Waals surface area contributed by atoms with Crippen molar-refractivity contribution in [2.24, 2.45) is 5.92 Å². The Hall–Kier alpha value is -2.28. The molecule has 2 N–H and O–H groups in total. The predicted octanol–water partition coefficient (Wildman–Crippen LogP) is 0.674. The number of fused-ring (bicyclic) bond motifs is 3. The number of carbonyl (C=O) groups is 2. The number of carbonyl (C=O) groups excluding carboxylic acids is 2. The maximum atomic E-state index is 12.4. The topological polar surface area (TPSA) is 79.9 Å². The Morgan fingerprint density at radius 1 is 1.32 bits per heavy atom. The molecule has 7 nitrogen and oxygen atoms in total. The highest BCUT2D eigenvalue weighted by atomic mass is 16.5. The lowest BCUT2D eigenvalue weighted by atomic mass is 10.1. The van der Waals surface area contributed by atoms with E-state index in [1.807, 2.05) is 0 Å². The lowest BCUT2D eigenvalue weighted by molar-refractivity contribution is -0.125. The summed E-state index contributed by atoms with van der Waals surface area (Å²) in [4.78, 5) is 26.0. The number of methoxy groups -OCH3 is 1. The Bertz CT molecular complexity index is 560. The van der Waals surface area contributed by atoms with Gasteiger partial charge in [0.1, 0.15) is 5.75 Å². The van der Waals surface area contributed by atoms with E-state index in [2.05, 4.69) is 10.6 Å². The summed E-state index contributed by atoms with van der Waals surface area (Å²) in [6.07, 6.45) is 0. The molecule has 22 heavy (non-hydrogen) atoms. The van der Waals surface area contributed by atoms with Gasteiger partial charge in [0.25, 0.3) is 0 Å². The van der Waals surface area contributed by atoms with Crippen molar-refractivity contribution >= 4 is 17.6 Å². The van der Waals surface area contributed by atoms with Crippen molar-refractivity contribution in [1.29, 1.82) is 0 Å². The zero-order valence-corrected chi connectivity index (χ0v) is 12.4. The molecule has 0 spiro atoms. The van der Waals surface area contributed by atoms with Crippen LogP contribution in [0, 0.1) is 5.92 Å². The van der Waals surface area contributed by atoms with Gasteiger partial charge < -0.3 is 25.0 Å². The Morgan fingerprint density at radius 3 is 2.82 bits per heavy atom. The molecule has 2 saturated heterocycles. The number of anilines is 1. The third-order valence-corrected chi connectivity index (χ3v) is 3.87. The molecule has 0 unspecified atom stereocenters. The van der Waals surface area contributed by atoms with Crippen LogP contribution in [-0.4, -0.2) is 56.3 Å². The van der Waals surface area contributed by atoms with Crippen LogP contribution >= 0.6 is 0 Å². The third-order valence-electron chi connectivity index (χ3n) is 3.87. The first-order chi connectivity index (χ1) is 10.7. The molecule has 2 aliphatic heterocycles. The van der Waals surface area contributed by atoms with Crippen molar-refractivity contribution in [3.8, 4) is 5.75 Å². The molecule has 0 aromatic heterocycles. The van der Waals surface area contributed by atoms with E-state index in [4.69, 9.17) is 9.47 Å². The fourth-order valence-corrected chi connectivity index (χ4v) is 2.67. The molecule has 3 rings (SSSR count). The van der Waals surface area contributed by atoms with Crippen molar-refractivity contribution in [2.45, 2.75) is 6.04 Å². The molecule has 7 heteroatoms. The maximum Gasteiger partial charge on any atom is 0.321 e. The normalized spacial score (nSPS) is 24.2. The first-order valence-corrected chi connectivity index (χ1v) is 7.24. The highest BCUT2D eigenvalue weighted by molar-refractivity contribution is 5.90. The van der Waals surface area contributed by atoms with E-state index in [0.717, 1.165) is 5.75 Å². The minimum absolute atomic E-state index is 0.0396. The number of rotatable bonds is 2. The maximum absolute atomic E-state index is 12.4. The lowest BCUT2D eigenvalue weighted by Gasteiger charge is -2.27. The summed E-state index contributed by atoms with van der Waals surface area (Å²) in [5.74, 6) is 0.380. The molecule has 0 aliphatic carbocycles. The van der Waals surface area contributed by atoms with Crippen molar-refractivity contribution in [3.05, 3.63) is 24.3 Å². The quantitative estimate of drug-likeness (QED) is 0.842. The van der Waals surface area contributed by atoms with Gasteiger partial charge in [-0.1, -0.05) is 0 Å². The van der Waals surface area contributed by atoms with Gasteiger partial charge in [0, 0.05) is 18.8 Å². The SMILES string of the molecule is COc1ccc(NC(=O)N2C[C@H]3COC[C@@H](C2)C(=O)N3)cc1. The molecule has 2 atom stereocenters. The fourth-order valence-electron chi connectivity index (χ4n) is 2.67. The lowest BCUT2D eigenvalue weighted by Crippen LogP contribution is -2.46. The second-order valence-electron chi connectivity index (χ2n) is 5.50. The summed E-state index contributed by atoms with van der Waals surface area (Å²) >= 11 is 0. The van der Waals surface area contributed by atoms with Crippen LogP contribution in [0.1, 0.15) is 0 Å². The summed E-state index contributed by atoms with van der Waals surface area (Å²) in [5, 5.41) is 5.75. The Morgan fingerprint density at radius 2 is 2.09 bits per heavy atom. The Kier molecular flexibility index (Phi) is 4.15. The van der Waals surface area contributed by atoms with Crippen LogP contribution in [0.25, 0.3) is 0 Å². The third kappa shape index (κ3) is 3.14. The number of amides is 3. The molecule has 2 fully saturated rings. The second kappa shape index (κ2) is 6.23. The van der Waals surface area contributed by atoms with Gasteiger partial charge in [-0.2, -0.15) is 0 Å². The summed E-state index contributed by atoms with van der Waals surface area (Å²) in [6, 6.07) is 6.77. The van der Waals surface area contributed by atoms with E-state index < -0.39 is 0 Å². The Balaban J connectivity index is 1.67. The summed E-state index contributed by atoms with van der Waals surface area (Å²) in [7, 11) is 1.59. The van der Waals surface area contributed by atoms with Crippen LogP contribution in [0.2, 0.25) is 0 Å². The smallest absolute Gasteiger partial charge is 0.321 e. The molecule has 2 aliphatic rings. The summed E-state index contributed by atoms with van der Waals surface area (Å²) < 4.78 is 10.5. The summed E-state index contributed by atoms with van der Waals surface area (Å²) in [6.45, 7) is 1.61. The monoisotopic (exact) mass is 305 g/mol. The molecule has 3 amide bonds. The number of hydrogen-bond donors (Lipinski definition) is 2. The van der Waals surface area contributed by atoms with Crippen LogP contribution in [0.4, 0.5) is 10.5 Å². The number of benzene rings is 1. The fraction of sp³-hybridized carbons (Fsp3) is 0.467. The standard InChI is InChI=1S/C15H19N3O4/c1-21-13-4-2-11(3-5-13)17-15(20)18-6-10-8-22-9-12(7-18)16-14(10)19/h2-5,10,12H,6-9H2,1H3,(H,16,19)(H,17,20)/t10-,12+/m1/s1. The van der Waals surface area contributed by atoms with Crippen LogP contribution in [0.5, 0.6) is 5.75 Å². The first-order valence-electron chi connectivity index (χ1n) is 7.24. The zero-order valence-electron chi connectivity index (χ0n) is 12.4. The van der Waals surface area contributed by atoms with Gasteiger partial charge in [-0.05, 0) is 24.3 Å². The van der Waals surface area contributed by atoms with E-state index in [-0.39, 0.29) is 23.9 Å². The van der Waals surface area contributed by atoms with Gasteiger partial charge in [-0.15, -0.1) is 0 Å². The molecule has 118 valence electrons.